The molecular weight excluding hydrogens is 374 g/mol. The number of hydrogen-bond donors (Lipinski definition) is 1. The van der Waals surface area contributed by atoms with Crippen molar-refractivity contribution in [1.29, 1.82) is 0 Å². The second kappa shape index (κ2) is 7.80. The molecule has 2 aromatic rings. The summed E-state index contributed by atoms with van der Waals surface area (Å²) in [4.78, 5) is 53.0. The molecule has 0 amide bonds. The van der Waals surface area contributed by atoms with E-state index in [4.69, 9.17) is 18.9 Å². The largest absolute Gasteiger partial charge is 0.463 e. The first kappa shape index (κ1) is 19.5. The average molecular weight is 393 g/mol. The molecule has 150 valence electrons. The van der Waals surface area contributed by atoms with Gasteiger partial charge in [-0.25, -0.2) is 4.98 Å². The lowest BCUT2D eigenvalue weighted by Crippen LogP contribution is -2.40. The van der Waals surface area contributed by atoms with Gasteiger partial charge in [0.05, 0.1) is 11.7 Å². The molecule has 0 spiro atoms. The average Bonchev–Trinajstić information content (AvgIpc) is 3.16. The van der Waals surface area contributed by atoms with E-state index in [0.29, 0.717) is 11.0 Å². The summed E-state index contributed by atoms with van der Waals surface area (Å²) in [7, 11) is 0. The molecule has 0 radical (unpaired) electrons. The maximum Gasteiger partial charge on any atom is 0.303 e. The third-order valence-electron chi connectivity index (χ3n) is 4.13. The van der Waals surface area contributed by atoms with Gasteiger partial charge in [-0.05, 0) is 6.07 Å². The van der Waals surface area contributed by atoms with Gasteiger partial charge in [0.1, 0.15) is 18.4 Å². The highest BCUT2D eigenvalue weighted by Gasteiger charge is 2.50. The molecule has 1 N–H and O–H groups in total. The number of ether oxygens (including phenoxy) is 4. The number of H-pyrrole nitrogens is 1. The van der Waals surface area contributed by atoms with Crippen LogP contribution in [0.25, 0.3) is 11.0 Å². The third kappa shape index (κ3) is 3.88. The maximum atomic E-state index is 12.0. The monoisotopic (exact) mass is 393 g/mol. The molecule has 0 aliphatic carbocycles. The molecule has 3 heterocycles. The number of hydrogen-bond acceptors (Lipinski definition) is 9. The number of carbonyl (C=O) groups is 3. The van der Waals surface area contributed by atoms with Gasteiger partial charge >= 0.3 is 17.9 Å². The summed E-state index contributed by atoms with van der Waals surface area (Å²) in [6.45, 7) is 3.42. The van der Waals surface area contributed by atoms with Crippen LogP contribution in [0.15, 0.2) is 23.4 Å². The lowest BCUT2D eigenvalue weighted by molar-refractivity contribution is -0.166. The number of aromatic nitrogens is 3. The van der Waals surface area contributed by atoms with Gasteiger partial charge in [-0.15, -0.1) is 0 Å². The Hall–Kier alpha value is -3.21. The Labute approximate surface area is 158 Å². The minimum absolute atomic E-state index is 0.214. The van der Waals surface area contributed by atoms with Crippen LogP contribution in [0, 0.1) is 0 Å². The van der Waals surface area contributed by atoms with Crippen LogP contribution in [0.5, 0.6) is 0 Å². The van der Waals surface area contributed by atoms with Crippen LogP contribution in [-0.4, -0.2) is 57.4 Å². The van der Waals surface area contributed by atoms with Crippen LogP contribution in [0.4, 0.5) is 0 Å². The highest BCUT2D eigenvalue weighted by molar-refractivity contribution is 5.75. The van der Waals surface area contributed by atoms with E-state index in [1.165, 1.54) is 37.7 Å². The first-order valence-electron chi connectivity index (χ1n) is 8.45. The zero-order chi connectivity index (χ0) is 20.4. The molecule has 0 saturated carbocycles. The zero-order valence-corrected chi connectivity index (χ0v) is 15.4. The number of nitrogens with one attached hydrogen (secondary N) is 1. The Balaban J connectivity index is 2.02. The quantitative estimate of drug-likeness (QED) is 0.551. The molecule has 11 nitrogen and oxygen atoms in total. The Morgan fingerprint density at radius 1 is 1.14 bits per heavy atom. The van der Waals surface area contributed by atoms with E-state index in [-0.39, 0.29) is 12.2 Å². The zero-order valence-electron chi connectivity index (χ0n) is 15.4. The molecular formula is C17H19N3O8. The summed E-state index contributed by atoms with van der Waals surface area (Å²) in [6, 6.07) is 1.54. The highest BCUT2D eigenvalue weighted by Crippen LogP contribution is 2.35. The predicted molar refractivity (Wildman–Crippen MR) is 92.0 cm³/mol. The number of rotatable bonds is 5. The van der Waals surface area contributed by atoms with Crippen LogP contribution >= 0.6 is 0 Å². The van der Waals surface area contributed by atoms with E-state index < -0.39 is 42.4 Å². The summed E-state index contributed by atoms with van der Waals surface area (Å²) in [5.74, 6) is -1.78. The number of esters is 3. The molecule has 1 aliphatic rings. The van der Waals surface area contributed by atoms with Crippen molar-refractivity contribution in [2.24, 2.45) is 0 Å². The lowest BCUT2D eigenvalue weighted by Gasteiger charge is -2.24. The fourth-order valence-electron chi connectivity index (χ4n) is 3.10. The van der Waals surface area contributed by atoms with E-state index >= 15 is 0 Å². The number of nitrogens with zero attached hydrogens (tertiary/aromatic N) is 2. The van der Waals surface area contributed by atoms with E-state index in [1.54, 1.807) is 6.20 Å². The number of fused-ring (bicyclic) bond motifs is 1. The van der Waals surface area contributed by atoms with Gasteiger partial charge in [-0.3, -0.25) is 19.2 Å². The van der Waals surface area contributed by atoms with Crippen molar-refractivity contribution in [1.82, 2.24) is 14.5 Å². The Bertz CT molecular complexity index is 965. The summed E-state index contributed by atoms with van der Waals surface area (Å²) in [6.07, 6.45) is -1.13. The van der Waals surface area contributed by atoms with Crippen molar-refractivity contribution < 1.29 is 33.3 Å². The molecule has 1 aliphatic heterocycles. The Morgan fingerprint density at radius 3 is 2.46 bits per heavy atom. The highest BCUT2D eigenvalue weighted by atomic mass is 16.7. The maximum absolute atomic E-state index is 12.0. The Morgan fingerprint density at radius 2 is 1.82 bits per heavy atom. The second-order valence-electron chi connectivity index (χ2n) is 6.21. The van der Waals surface area contributed by atoms with Crippen molar-refractivity contribution in [2.45, 2.75) is 45.3 Å². The topological polar surface area (TPSA) is 139 Å². The van der Waals surface area contributed by atoms with Crippen LogP contribution in [0.1, 0.15) is 27.0 Å². The molecule has 4 unspecified atom stereocenters. The van der Waals surface area contributed by atoms with Crippen molar-refractivity contribution in [3.8, 4) is 0 Å². The summed E-state index contributed by atoms with van der Waals surface area (Å²) in [5.41, 5.74) is -0.0561. The van der Waals surface area contributed by atoms with Gasteiger partial charge in [-0.2, -0.15) is 0 Å². The van der Waals surface area contributed by atoms with Crippen molar-refractivity contribution in [3.63, 3.8) is 0 Å². The van der Waals surface area contributed by atoms with Crippen LogP contribution in [0.2, 0.25) is 0 Å². The van der Waals surface area contributed by atoms with Crippen LogP contribution < -0.4 is 5.56 Å². The lowest BCUT2D eigenvalue weighted by atomic mass is 10.1. The van der Waals surface area contributed by atoms with Gasteiger partial charge < -0.3 is 28.5 Å². The molecule has 28 heavy (non-hydrogen) atoms. The van der Waals surface area contributed by atoms with Crippen molar-refractivity contribution >= 4 is 28.9 Å². The SMILES string of the molecule is CC(=O)OCC1OC(n2ccc3c(=O)[nH]cnc32)C(OC(C)=O)C1OC(C)=O. The van der Waals surface area contributed by atoms with Gasteiger partial charge in [0, 0.05) is 27.0 Å². The summed E-state index contributed by atoms with van der Waals surface area (Å²) >= 11 is 0. The first-order chi connectivity index (χ1) is 13.3. The third-order valence-corrected chi connectivity index (χ3v) is 4.13. The summed E-state index contributed by atoms with van der Waals surface area (Å²) < 4.78 is 23.1. The fourth-order valence-corrected chi connectivity index (χ4v) is 3.10. The fraction of sp³-hybridized carbons (Fsp3) is 0.471. The van der Waals surface area contributed by atoms with E-state index in [0.717, 1.165) is 0 Å². The number of carbonyl (C=O) groups excluding carboxylic acids is 3. The number of aromatic amines is 1. The molecule has 0 bridgehead atoms. The molecule has 1 saturated heterocycles. The van der Waals surface area contributed by atoms with E-state index in [2.05, 4.69) is 9.97 Å². The summed E-state index contributed by atoms with van der Waals surface area (Å²) in [5, 5.41) is 0.306. The normalized spacial score (nSPS) is 24.1. The standard InChI is InChI=1S/C17H19N3O8/c1-8(21)25-6-12-13(26-9(2)22)14(27-10(3)23)17(28-12)20-5-4-11-15(20)18-7-19-16(11)24/h4-5,7,12-14,17H,6H2,1-3H3,(H,18,19,24). The van der Waals surface area contributed by atoms with Gasteiger partial charge in [-0.1, -0.05) is 0 Å². The van der Waals surface area contributed by atoms with Gasteiger partial charge in [0.25, 0.3) is 5.56 Å². The minimum Gasteiger partial charge on any atom is -0.463 e. The van der Waals surface area contributed by atoms with Gasteiger partial charge in [0.2, 0.25) is 0 Å². The molecule has 11 heteroatoms. The van der Waals surface area contributed by atoms with E-state index in [9.17, 15) is 19.2 Å². The molecule has 1 fully saturated rings. The first-order valence-corrected chi connectivity index (χ1v) is 8.45. The molecule has 2 aromatic heterocycles. The molecule has 3 rings (SSSR count). The van der Waals surface area contributed by atoms with Crippen molar-refractivity contribution in [3.05, 3.63) is 28.9 Å². The van der Waals surface area contributed by atoms with E-state index in [1.807, 2.05) is 0 Å². The molecule has 0 aromatic carbocycles. The Kier molecular flexibility index (Phi) is 5.45. The van der Waals surface area contributed by atoms with Gasteiger partial charge in [0.15, 0.2) is 18.4 Å². The predicted octanol–water partition coefficient (Wildman–Crippen LogP) is 0.0485. The van der Waals surface area contributed by atoms with Crippen LogP contribution in [-0.2, 0) is 33.3 Å². The van der Waals surface area contributed by atoms with Crippen LogP contribution in [0.3, 0.4) is 0 Å². The minimum atomic E-state index is -1.04. The molecule has 4 atom stereocenters. The van der Waals surface area contributed by atoms with Crippen molar-refractivity contribution in [2.75, 3.05) is 6.61 Å². The second-order valence-corrected chi connectivity index (χ2v) is 6.21. The smallest absolute Gasteiger partial charge is 0.303 e.